The summed E-state index contributed by atoms with van der Waals surface area (Å²) in [7, 11) is 1.69. The number of methoxy groups -OCH3 is 1. The van der Waals surface area contributed by atoms with E-state index in [1.165, 1.54) is 5.56 Å². The summed E-state index contributed by atoms with van der Waals surface area (Å²) in [5, 5.41) is 3.44. The van der Waals surface area contributed by atoms with Gasteiger partial charge in [-0.05, 0) is 23.6 Å². The molecule has 1 aromatic rings. The van der Waals surface area contributed by atoms with Crippen LogP contribution in [0.2, 0.25) is 0 Å². The molecule has 1 heterocycles. The second-order valence-corrected chi connectivity index (χ2v) is 3.92. The van der Waals surface area contributed by atoms with Crippen molar-refractivity contribution in [1.29, 1.82) is 0 Å². The number of nitrogens with one attached hydrogen (secondary N) is 1. The summed E-state index contributed by atoms with van der Waals surface area (Å²) in [4.78, 5) is 0. The zero-order chi connectivity index (χ0) is 10.7. The largest absolute Gasteiger partial charge is 0.497 e. The summed E-state index contributed by atoms with van der Waals surface area (Å²) in [6, 6.07) is 8.78. The third-order valence-electron chi connectivity index (χ3n) is 3.00. The van der Waals surface area contributed by atoms with E-state index in [1.807, 2.05) is 12.1 Å². The average Bonchev–Trinajstić information content (AvgIpc) is 2.82. The van der Waals surface area contributed by atoms with E-state index < -0.39 is 0 Å². The Morgan fingerprint density at radius 3 is 2.60 bits per heavy atom. The van der Waals surface area contributed by atoms with Crippen molar-refractivity contribution in [3.8, 4) is 5.75 Å². The van der Waals surface area contributed by atoms with Crippen LogP contribution in [0.1, 0.15) is 18.4 Å². The quantitative estimate of drug-likeness (QED) is 0.761. The van der Waals surface area contributed by atoms with E-state index in [1.54, 1.807) is 7.11 Å². The topological polar surface area (TPSA) is 21.3 Å². The van der Waals surface area contributed by atoms with Crippen molar-refractivity contribution in [2.45, 2.75) is 18.9 Å². The van der Waals surface area contributed by atoms with Gasteiger partial charge in [-0.1, -0.05) is 31.2 Å². The molecule has 2 heteroatoms. The van der Waals surface area contributed by atoms with Crippen molar-refractivity contribution >= 4 is 0 Å². The maximum atomic E-state index is 5.14. The minimum Gasteiger partial charge on any atom is -0.497 e. The zero-order valence-electron chi connectivity index (χ0n) is 9.23. The van der Waals surface area contributed by atoms with Gasteiger partial charge in [-0.25, -0.2) is 0 Å². The van der Waals surface area contributed by atoms with Gasteiger partial charge in [-0.2, -0.15) is 0 Å². The van der Waals surface area contributed by atoms with E-state index in [2.05, 4.69) is 36.5 Å². The molecule has 0 spiro atoms. The number of rotatable bonds is 3. The summed E-state index contributed by atoms with van der Waals surface area (Å²) in [6.07, 6.45) is 4.43. The first-order valence-corrected chi connectivity index (χ1v) is 5.35. The molecule has 0 aliphatic carbocycles. The van der Waals surface area contributed by atoms with E-state index >= 15 is 0 Å². The van der Waals surface area contributed by atoms with Gasteiger partial charge in [0.25, 0.3) is 0 Å². The molecule has 1 aliphatic heterocycles. The average molecular weight is 203 g/mol. The summed E-state index contributed by atoms with van der Waals surface area (Å²) in [6.45, 7) is 3.24. The molecule has 2 rings (SSSR count). The van der Waals surface area contributed by atoms with E-state index in [0.29, 0.717) is 12.0 Å². The predicted octanol–water partition coefficient (Wildman–Crippen LogP) is 2.33. The van der Waals surface area contributed by atoms with E-state index in [9.17, 15) is 0 Å². The third-order valence-corrected chi connectivity index (χ3v) is 3.00. The van der Waals surface area contributed by atoms with Crippen molar-refractivity contribution in [3.63, 3.8) is 0 Å². The standard InChI is InChI=1S/C13H17NO/c1-10(13-4-3-9-14-13)11-5-7-12(15-2)8-6-11/h3-8,10,13-14H,9H2,1-2H3/t10-,13+/m1/s1. The second kappa shape index (κ2) is 4.49. The first-order chi connectivity index (χ1) is 7.31. The molecule has 0 radical (unpaired) electrons. The molecule has 80 valence electrons. The molecule has 0 fully saturated rings. The highest BCUT2D eigenvalue weighted by Gasteiger charge is 2.17. The monoisotopic (exact) mass is 203 g/mol. The van der Waals surface area contributed by atoms with Crippen LogP contribution in [-0.4, -0.2) is 19.7 Å². The normalized spacial score (nSPS) is 21.6. The van der Waals surface area contributed by atoms with Crippen molar-refractivity contribution < 1.29 is 4.74 Å². The third kappa shape index (κ3) is 2.21. The van der Waals surface area contributed by atoms with Crippen LogP contribution in [0.4, 0.5) is 0 Å². The number of benzene rings is 1. The van der Waals surface area contributed by atoms with Crippen LogP contribution in [0.5, 0.6) is 5.75 Å². The predicted molar refractivity (Wildman–Crippen MR) is 62.3 cm³/mol. The Labute approximate surface area is 91.0 Å². The van der Waals surface area contributed by atoms with Crippen molar-refractivity contribution in [2.24, 2.45) is 0 Å². The molecule has 0 unspecified atom stereocenters. The number of ether oxygens (including phenoxy) is 1. The van der Waals surface area contributed by atoms with Gasteiger partial charge < -0.3 is 10.1 Å². The molecule has 1 N–H and O–H groups in total. The summed E-state index contributed by atoms with van der Waals surface area (Å²) in [5.74, 6) is 1.43. The van der Waals surface area contributed by atoms with Gasteiger partial charge >= 0.3 is 0 Å². The molecule has 0 aromatic heterocycles. The highest BCUT2D eigenvalue weighted by atomic mass is 16.5. The van der Waals surface area contributed by atoms with Gasteiger partial charge in [-0.3, -0.25) is 0 Å². The molecule has 0 saturated carbocycles. The lowest BCUT2D eigenvalue weighted by molar-refractivity contribution is 0.414. The van der Waals surface area contributed by atoms with Crippen LogP contribution in [0.15, 0.2) is 36.4 Å². The number of hydrogen-bond acceptors (Lipinski definition) is 2. The van der Waals surface area contributed by atoms with Crippen LogP contribution >= 0.6 is 0 Å². The minimum atomic E-state index is 0.471. The molecule has 15 heavy (non-hydrogen) atoms. The van der Waals surface area contributed by atoms with Crippen molar-refractivity contribution in [1.82, 2.24) is 5.32 Å². The molecule has 2 nitrogen and oxygen atoms in total. The molecule has 2 atom stereocenters. The Morgan fingerprint density at radius 2 is 2.07 bits per heavy atom. The lowest BCUT2D eigenvalue weighted by atomic mass is 9.94. The van der Waals surface area contributed by atoms with E-state index in [4.69, 9.17) is 4.74 Å². The van der Waals surface area contributed by atoms with Crippen LogP contribution in [0, 0.1) is 0 Å². The van der Waals surface area contributed by atoms with Crippen molar-refractivity contribution in [2.75, 3.05) is 13.7 Å². The molecule has 0 amide bonds. The van der Waals surface area contributed by atoms with Gasteiger partial charge in [0.05, 0.1) is 7.11 Å². The zero-order valence-corrected chi connectivity index (χ0v) is 9.23. The fourth-order valence-corrected chi connectivity index (χ4v) is 1.95. The van der Waals surface area contributed by atoms with Crippen LogP contribution in [0.25, 0.3) is 0 Å². The smallest absolute Gasteiger partial charge is 0.118 e. The first-order valence-electron chi connectivity index (χ1n) is 5.35. The Balaban J connectivity index is 2.11. The van der Waals surface area contributed by atoms with E-state index in [-0.39, 0.29) is 0 Å². The molecular weight excluding hydrogens is 186 g/mol. The fourth-order valence-electron chi connectivity index (χ4n) is 1.95. The Hall–Kier alpha value is -1.28. The first kappa shape index (κ1) is 10.2. The molecular formula is C13H17NO. The van der Waals surface area contributed by atoms with Gasteiger partial charge in [0, 0.05) is 12.6 Å². The Morgan fingerprint density at radius 1 is 1.33 bits per heavy atom. The molecule has 1 aromatic carbocycles. The van der Waals surface area contributed by atoms with Gasteiger partial charge in [0.2, 0.25) is 0 Å². The van der Waals surface area contributed by atoms with Crippen LogP contribution in [-0.2, 0) is 0 Å². The fraction of sp³-hybridized carbons (Fsp3) is 0.385. The van der Waals surface area contributed by atoms with Gasteiger partial charge in [0.1, 0.15) is 5.75 Å². The maximum absolute atomic E-state index is 5.14. The molecule has 0 saturated heterocycles. The van der Waals surface area contributed by atoms with Gasteiger partial charge in [-0.15, -0.1) is 0 Å². The maximum Gasteiger partial charge on any atom is 0.118 e. The van der Waals surface area contributed by atoms with Crippen molar-refractivity contribution in [3.05, 3.63) is 42.0 Å². The highest BCUT2D eigenvalue weighted by molar-refractivity contribution is 5.31. The van der Waals surface area contributed by atoms with Gasteiger partial charge in [0.15, 0.2) is 0 Å². The summed E-state index contributed by atoms with van der Waals surface area (Å²) >= 11 is 0. The highest BCUT2D eigenvalue weighted by Crippen LogP contribution is 2.23. The second-order valence-electron chi connectivity index (χ2n) is 3.92. The minimum absolute atomic E-state index is 0.471. The summed E-state index contributed by atoms with van der Waals surface area (Å²) in [5.41, 5.74) is 1.35. The van der Waals surface area contributed by atoms with Crippen LogP contribution < -0.4 is 10.1 Å². The molecule has 1 aliphatic rings. The lowest BCUT2D eigenvalue weighted by Gasteiger charge is -2.19. The van der Waals surface area contributed by atoms with Crippen LogP contribution in [0.3, 0.4) is 0 Å². The Kier molecular flexibility index (Phi) is 3.07. The number of hydrogen-bond donors (Lipinski definition) is 1. The Bertz CT molecular complexity index is 342. The summed E-state index contributed by atoms with van der Waals surface area (Å²) < 4.78 is 5.14. The molecule has 0 bridgehead atoms. The SMILES string of the molecule is COc1ccc([C@@H](C)[C@@H]2C=CCN2)cc1. The van der Waals surface area contributed by atoms with E-state index in [0.717, 1.165) is 12.3 Å². The lowest BCUT2D eigenvalue weighted by Crippen LogP contribution is -2.27.